The zero-order valence-corrected chi connectivity index (χ0v) is 22.4. The van der Waals surface area contributed by atoms with Crippen molar-refractivity contribution in [2.75, 3.05) is 27.9 Å². The molecule has 39 heavy (non-hydrogen) atoms. The first-order valence-electron chi connectivity index (χ1n) is 12.6. The molecule has 1 amide bonds. The molecular formula is C31H31N3O5. The maximum absolute atomic E-state index is 13.7. The molecule has 0 aliphatic rings. The van der Waals surface area contributed by atoms with E-state index in [-0.39, 0.29) is 12.5 Å². The standard InChI is InChI=1S/C31H31N3O5/c1-18-9-10-22-20(16-32-27(22)11-18)12-21(17-35)33-31(36)24-15-26(34-25-8-6-5-7-23(24)25)19-13-28(37-2)30(39-4)29(14-19)38-3/h5-11,13-16,21,32,35H,12,17H2,1-4H3,(H,33,36). The highest BCUT2D eigenvalue weighted by Crippen LogP contribution is 2.41. The van der Waals surface area contributed by atoms with Gasteiger partial charge in [0.1, 0.15) is 0 Å². The van der Waals surface area contributed by atoms with E-state index in [1.807, 2.05) is 37.4 Å². The summed E-state index contributed by atoms with van der Waals surface area (Å²) in [5.74, 6) is 1.15. The summed E-state index contributed by atoms with van der Waals surface area (Å²) in [5.41, 5.74) is 5.63. The normalized spacial score (nSPS) is 11.9. The van der Waals surface area contributed by atoms with E-state index in [2.05, 4.69) is 28.5 Å². The number of ether oxygens (including phenoxy) is 3. The van der Waals surface area contributed by atoms with Crippen LogP contribution < -0.4 is 19.5 Å². The second-order valence-corrected chi connectivity index (χ2v) is 9.41. The van der Waals surface area contributed by atoms with Crippen molar-refractivity contribution in [1.82, 2.24) is 15.3 Å². The Bertz CT molecular complexity index is 1630. The summed E-state index contributed by atoms with van der Waals surface area (Å²) in [6.07, 6.45) is 2.41. The van der Waals surface area contributed by atoms with Crippen LogP contribution in [0.2, 0.25) is 0 Å². The number of H-pyrrole nitrogens is 1. The number of aromatic nitrogens is 2. The van der Waals surface area contributed by atoms with Crippen molar-refractivity contribution in [3.8, 4) is 28.5 Å². The van der Waals surface area contributed by atoms with E-state index in [4.69, 9.17) is 19.2 Å². The lowest BCUT2D eigenvalue weighted by Crippen LogP contribution is -2.39. The Morgan fingerprint density at radius 1 is 0.974 bits per heavy atom. The molecule has 2 aromatic heterocycles. The summed E-state index contributed by atoms with van der Waals surface area (Å²) in [4.78, 5) is 21.8. The van der Waals surface area contributed by atoms with Gasteiger partial charge in [0, 0.05) is 28.0 Å². The van der Waals surface area contributed by atoms with Gasteiger partial charge in [-0.05, 0) is 54.8 Å². The molecule has 8 heteroatoms. The zero-order chi connectivity index (χ0) is 27.5. The molecule has 8 nitrogen and oxygen atoms in total. The molecule has 200 valence electrons. The number of hydrogen-bond donors (Lipinski definition) is 3. The topological polar surface area (TPSA) is 106 Å². The fourth-order valence-electron chi connectivity index (χ4n) is 4.90. The number of nitrogens with zero attached hydrogens (tertiary/aromatic N) is 1. The van der Waals surface area contributed by atoms with E-state index < -0.39 is 6.04 Å². The molecule has 5 aromatic rings. The lowest BCUT2D eigenvalue weighted by Gasteiger charge is -2.18. The number of pyridine rings is 1. The number of aromatic amines is 1. The fourth-order valence-corrected chi connectivity index (χ4v) is 4.90. The van der Waals surface area contributed by atoms with Gasteiger partial charge in [-0.3, -0.25) is 4.79 Å². The molecular weight excluding hydrogens is 494 g/mol. The van der Waals surface area contributed by atoms with Crippen LogP contribution in [0, 0.1) is 6.92 Å². The average molecular weight is 526 g/mol. The third kappa shape index (κ3) is 5.11. The van der Waals surface area contributed by atoms with Gasteiger partial charge in [-0.1, -0.05) is 30.3 Å². The van der Waals surface area contributed by atoms with E-state index in [1.165, 1.54) is 0 Å². The van der Waals surface area contributed by atoms with Crippen LogP contribution in [0.15, 0.2) is 66.9 Å². The number of hydrogen-bond acceptors (Lipinski definition) is 6. The number of benzene rings is 3. The minimum atomic E-state index is -0.477. The first-order valence-corrected chi connectivity index (χ1v) is 12.6. The molecule has 0 aliphatic carbocycles. The van der Waals surface area contributed by atoms with Crippen molar-refractivity contribution in [2.45, 2.75) is 19.4 Å². The molecule has 5 rings (SSSR count). The number of methoxy groups -OCH3 is 3. The number of carbonyl (C=O) groups excluding carboxylic acids is 1. The molecule has 1 atom stereocenters. The van der Waals surface area contributed by atoms with E-state index in [1.54, 1.807) is 39.5 Å². The lowest BCUT2D eigenvalue weighted by molar-refractivity contribution is 0.0918. The third-order valence-electron chi connectivity index (χ3n) is 6.87. The van der Waals surface area contributed by atoms with Crippen molar-refractivity contribution in [1.29, 1.82) is 0 Å². The van der Waals surface area contributed by atoms with Gasteiger partial charge in [0.05, 0.1) is 50.8 Å². The molecule has 3 N–H and O–H groups in total. The number of aliphatic hydroxyl groups is 1. The third-order valence-corrected chi connectivity index (χ3v) is 6.87. The van der Waals surface area contributed by atoms with Crippen molar-refractivity contribution >= 4 is 27.7 Å². The zero-order valence-electron chi connectivity index (χ0n) is 22.4. The van der Waals surface area contributed by atoms with E-state index in [0.717, 1.165) is 22.0 Å². The van der Waals surface area contributed by atoms with Crippen molar-refractivity contribution in [3.05, 3.63) is 83.6 Å². The molecule has 0 bridgehead atoms. The van der Waals surface area contributed by atoms with Gasteiger partial charge in [-0.2, -0.15) is 0 Å². The molecule has 3 aromatic carbocycles. The van der Waals surface area contributed by atoms with Gasteiger partial charge >= 0.3 is 0 Å². The molecule has 1 unspecified atom stereocenters. The number of aryl methyl sites for hydroxylation is 1. The summed E-state index contributed by atoms with van der Waals surface area (Å²) in [5, 5.41) is 15.0. The van der Waals surface area contributed by atoms with Gasteiger partial charge in [0.25, 0.3) is 5.91 Å². The first-order chi connectivity index (χ1) is 18.9. The monoisotopic (exact) mass is 525 g/mol. The largest absolute Gasteiger partial charge is 0.493 e. The molecule has 0 fully saturated rings. The number of para-hydroxylation sites is 1. The number of aliphatic hydroxyl groups excluding tert-OH is 1. The molecule has 0 aliphatic heterocycles. The molecule has 2 heterocycles. The Hall–Kier alpha value is -4.56. The summed E-state index contributed by atoms with van der Waals surface area (Å²) in [6, 6.07) is 18.6. The van der Waals surface area contributed by atoms with Crippen LogP contribution in [0.5, 0.6) is 17.2 Å². The average Bonchev–Trinajstić information content (AvgIpc) is 3.36. The Morgan fingerprint density at radius 2 is 1.72 bits per heavy atom. The maximum atomic E-state index is 13.7. The van der Waals surface area contributed by atoms with Gasteiger partial charge in [-0.25, -0.2) is 4.98 Å². The highest BCUT2D eigenvalue weighted by molar-refractivity contribution is 6.07. The number of carbonyl (C=O) groups is 1. The van der Waals surface area contributed by atoms with E-state index in [9.17, 15) is 9.90 Å². The van der Waals surface area contributed by atoms with Crippen molar-refractivity contribution in [2.24, 2.45) is 0 Å². The number of amides is 1. The minimum Gasteiger partial charge on any atom is -0.493 e. The molecule has 0 radical (unpaired) electrons. The summed E-state index contributed by atoms with van der Waals surface area (Å²) < 4.78 is 16.5. The highest BCUT2D eigenvalue weighted by atomic mass is 16.5. The van der Waals surface area contributed by atoms with Gasteiger partial charge < -0.3 is 29.6 Å². The summed E-state index contributed by atoms with van der Waals surface area (Å²) >= 11 is 0. The number of fused-ring (bicyclic) bond motifs is 2. The Labute approximate surface area is 226 Å². The summed E-state index contributed by atoms with van der Waals surface area (Å²) in [6.45, 7) is 1.84. The van der Waals surface area contributed by atoms with Gasteiger partial charge in [0.15, 0.2) is 11.5 Å². The molecule has 0 spiro atoms. The maximum Gasteiger partial charge on any atom is 0.252 e. The number of nitrogens with one attached hydrogen (secondary N) is 2. The minimum absolute atomic E-state index is 0.201. The summed E-state index contributed by atoms with van der Waals surface area (Å²) in [7, 11) is 4.65. The Balaban J connectivity index is 1.51. The van der Waals surface area contributed by atoms with Crippen molar-refractivity contribution < 1.29 is 24.1 Å². The van der Waals surface area contributed by atoms with Crippen LogP contribution in [0.25, 0.3) is 33.1 Å². The van der Waals surface area contributed by atoms with Gasteiger partial charge in [0.2, 0.25) is 5.75 Å². The molecule has 0 saturated carbocycles. The second-order valence-electron chi connectivity index (χ2n) is 9.41. The van der Waals surface area contributed by atoms with Crippen LogP contribution in [0.1, 0.15) is 21.5 Å². The fraction of sp³-hybridized carbons (Fsp3) is 0.226. The van der Waals surface area contributed by atoms with Crippen LogP contribution in [0.3, 0.4) is 0 Å². The lowest BCUT2D eigenvalue weighted by atomic mass is 10.0. The Kier molecular flexibility index (Phi) is 7.38. The van der Waals surface area contributed by atoms with E-state index in [0.29, 0.717) is 51.4 Å². The second kappa shape index (κ2) is 11.0. The molecule has 0 saturated heterocycles. The SMILES string of the molecule is COc1cc(-c2cc(C(=O)NC(CO)Cc3c[nH]c4cc(C)ccc34)c3ccccc3n2)cc(OC)c1OC. The van der Waals surface area contributed by atoms with Crippen LogP contribution in [0.4, 0.5) is 0 Å². The van der Waals surface area contributed by atoms with E-state index >= 15 is 0 Å². The predicted octanol–water partition coefficient (Wildman–Crippen LogP) is 5.05. The number of rotatable bonds is 9. The van der Waals surface area contributed by atoms with Gasteiger partial charge in [-0.15, -0.1) is 0 Å². The van der Waals surface area contributed by atoms with Crippen LogP contribution in [-0.2, 0) is 6.42 Å². The van der Waals surface area contributed by atoms with Crippen LogP contribution in [-0.4, -0.2) is 55.0 Å². The quantitative estimate of drug-likeness (QED) is 0.249. The smallest absolute Gasteiger partial charge is 0.252 e. The van der Waals surface area contributed by atoms with Crippen LogP contribution >= 0.6 is 0 Å². The first kappa shape index (κ1) is 26.1. The predicted molar refractivity (Wildman–Crippen MR) is 152 cm³/mol. The highest BCUT2D eigenvalue weighted by Gasteiger charge is 2.21. The van der Waals surface area contributed by atoms with Crippen molar-refractivity contribution in [3.63, 3.8) is 0 Å². The Morgan fingerprint density at radius 3 is 2.41 bits per heavy atom.